The zero-order valence-electron chi connectivity index (χ0n) is 8.72. The highest BCUT2D eigenvalue weighted by molar-refractivity contribution is 6.19. The van der Waals surface area contributed by atoms with E-state index in [0.717, 1.165) is 19.3 Å². The average Bonchev–Trinajstić information content (AvgIpc) is 2.05. The molecule has 0 fully saturated rings. The molecular weight excluding hydrogens is 164 g/mol. The van der Waals surface area contributed by atoms with E-state index in [0.29, 0.717) is 12.0 Å². The Labute approximate surface area is 80.0 Å². The average molecular weight is 182 g/mol. The van der Waals surface area contributed by atoms with Gasteiger partial charge in [-0.2, -0.15) is 0 Å². The van der Waals surface area contributed by atoms with Crippen LogP contribution in [-0.4, -0.2) is 11.6 Å². The fourth-order valence-electron chi connectivity index (χ4n) is 1.23. The van der Waals surface area contributed by atoms with Gasteiger partial charge in [0.15, 0.2) is 11.6 Å². The third-order valence-electron chi connectivity index (χ3n) is 1.98. The van der Waals surface area contributed by atoms with E-state index in [9.17, 15) is 9.59 Å². The molecule has 0 heterocycles. The summed E-state index contributed by atoms with van der Waals surface area (Å²) in [6, 6.07) is 0. The van der Waals surface area contributed by atoms with Gasteiger partial charge in [0.1, 0.15) is 0 Å². The summed E-state index contributed by atoms with van der Waals surface area (Å²) in [6.45, 7) is 5.26. The highest BCUT2D eigenvalue weighted by Gasteiger charge is 2.11. The Balaban J connectivity index is 4.02. The van der Waals surface area contributed by atoms with Crippen LogP contribution in [0.3, 0.4) is 0 Å². The quantitative estimate of drug-likeness (QED) is 0.274. The van der Waals surface area contributed by atoms with Crippen molar-refractivity contribution in [2.45, 2.75) is 46.5 Å². The van der Waals surface area contributed by atoms with Gasteiger partial charge in [0, 0.05) is 6.42 Å². The summed E-state index contributed by atoms with van der Waals surface area (Å²) in [4.78, 5) is 22.4. The number of unbranched alkanes of at least 4 members (excludes halogenated alkanes) is 2. The molecule has 0 rings (SSSR count). The van der Waals surface area contributed by atoms with Crippen molar-refractivity contribution in [2.75, 3.05) is 0 Å². The normalized spacial score (nSPS) is 11.5. The Morgan fingerprint density at radius 3 is 2.23 bits per heavy atom. The molecule has 13 heavy (non-hydrogen) atoms. The van der Waals surface area contributed by atoms with Gasteiger partial charge in [-0.1, -0.05) is 25.8 Å². The van der Waals surface area contributed by atoms with Crippen molar-refractivity contribution in [3.8, 4) is 0 Å². The van der Waals surface area contributed by atoms with Crippen molar-refractivity contribution >= 4 is 11.6 Å². The first kappa shape index (κ1) is 12.1. The number of ketones is 2. The second-order valence-electron chi connectivity index (χ2n) is 3.14. The lowest BCUT2D eigenvalue weighted by Gasteiger charge is -2.00. The zero-order chi connectivity index (χ0) is 10.3. The van der Waals surface area contributed by atoms with Crippen LogP contribution < -0.4 is 0 Å². The predicted molar refractivity (Wildman–Crippen MR) is 53.6 cm³/mol. The molecule has 2 nitrogen and oxygen atoms in total. The molecule has 0 atom stereocenters. The summed E-state index contributed by atoms with van der Waals surface area (Å²) in [5.74, 6) is -0.132. The second-order valence-corrected chi connectivity index (χ2v) is 3.14. The maximum atomic E-state index is 11.4. The number of hydrogen-bond donors (Lipinski definition) is 0. The number of carbonyl (C=O) groups excluding carboxylic acids is 2. The second kappa shape index (κ2) is 6.58. The molecule has 0 aromatic rings. The van der Waals surface area contributed by atoms with E-state index < -0.39 is 0 Å². The largest absolute Gasteiger partial charge is 0.294 e. The van der Waals surface area contributed by atoms with Crippen LogP contribution in [0.5, 0.6) is 0 Å². The molecule has 2 heteroatoms. The Bertz CT molecular complexity index is 214. The van der Waals surface area contributed by atoms with E-state index >= 15 is 0 Å². The van der Waals surface area contributed by atoms with Crippen LogP contribution >= 0.6 is 0 Å². The molecule has 0 aromatic heterocycles. The molecule has 0 bridgehead atoms. The SMILES string of the molecule is C/C=C(\C(C)=O)C(=O)CCCCC. The van der Waals surface area contributed by atoms with Gasteiger partial charge >= 0.3 is 0 Å². The third kappa shape index (κ3) is 4.61. The van der Waals surface area contributed by atoms with Crippen molar-refractivity contribution in [3.05, 3.63) is 11.6 Å². The van der Waals surface area contributed by atoms with Gasteiger partial charge in [0.25, 0.3) is 0 Å². The Kier molecular flexibility index (Phi) is 6.11. The van der Waals surface area contributed by atoms with Crippen LogP contribution in [0, 0.1) is 0 Å². The molecule has 0 aliphatic heterocycles. The number of Topliss-reactive ketones (excluding diaryl/α,β-unsaturated/α-hetero) is 2. The van der Waals surface area contributed by atoms with E-state index in [4.69, 9.17) is 0 Å². The maximum Gasteiger partial charge on any atom is 0.166 e. The highest BCUT2D eigenvalue weighted by Crippen LogP contribution is 2.07. The lowest BCUT2D eigenvalue weighted by atomic mass is 10.0. The molecule has 0 radical (unpaired) electrons. The lowest BCUT2D eigenvalue weighted by molar-refractivity contribution is -0.120. The van der Waals surface area contributed by atoms with Crippen molar-refractivity contribution < 1.29 is 9.59 Å². The van der Waals surface area contributed by atoms with Gasteiger partial charge in [-0.05, 0) is 20.3 Å². The highest BCUT2D eigenvalue weighted by atomic mass is 16.1. The van der Waals surface area contributed by atoms with Crippen molar-refractivity contribution in [2.24, 2.45) is 0 Å². The molecule has 0 spiro atoms. The topological polar surface area (TPSA) is 34.1 Å². The predicted octanol–water partition coefficient (Wildman–Crippen LogP) is 2.67. The molecule has 0 aliphatic carbocycles. The third-order valence-corrected chi connectivity index (χ3v) is 1.98. The minimum absolute atomic E-state index is 0.0107. The van der Waals surface area contributed by atoms with Gasteiger partial charge in [-0.3, -0.25) is 9.59 Å². The lowest BCUT2D eigenvalue weighted by Crippen LogP contribution is -2.09. The molecule has 0 amide bonds. The van der Waals surface area contributed by atoms with Crippen molar-refractivity contribution in [1.29, 1.82) is 0 Å². The van der Waals surface area contributed by atoms with Crippen molar-refractivity contribution in [3.63, 3.8) is 0 Å². The summed E-state index contributed by atoms with van der Waals surface area (Å²) < 4.78 is 0. The Hall–Kier alpha value is -0.920. The van der Waals surface area contributed by atoms with Crippen LogP contribution in [0.4, 0.5) is 0 Å². The first-order valence-electron chi connectivity index (χ1n) is 4.83. The van der Waals surface area contributed by atoms with Crippen LogP contribution in [-0.2, 0) is 9.59 Å². The van der Waals surface area contributed by atoms with E-state index in [1.165, 1.54) is 6.92 Å². The monoisotopic (exact) mass is 182 g/mol. The molecule has 0 aromatic carbocycles. The number of allylic oxidation sites excluding steroid dienone is 2. The summed E-state index contributed by atoms with van der Waals surface area (Å²) in [7, 11) is 0. The minimum atomic E-state index is -0.121. The van der Waals surface area contributed by atoms with Gasteiger partial charge in [0.2, 0.25) is 0 Å². The van der Waals surface area contributed by atoms with Crippen LogP contribution in [0.15, 0.2) is 11.6 Å². The molecule has 0 saturated heterocycles. The Morgan fingerprint density at radius 1 is 1.23 bits per heavy atom. The van der Waals surface area contributed by atoms with E-state index in [2.05, 4.69) is 6.92 Å². The first-order valence-corrected chi connectivity index (χ1v) is 4.83. The number of rotatable bonds is 6. The summed E-state index contributed by atoms with van der Waals surface area (Å²) >= 11 is 0. The van der Waals surface area contributed by atoms with Crippen LogP contribution in [0.25, 0.3) is 0 Å². The zero-order valence-corrected chi connectivity index (χ0v) is 8.72. The fraction of sp³-hybridized carbons (Fsp3) is 0.636. The van der Waals surface area contributed by atoms with Gasteiger partial charge in [0.05, 0.1) is 5.57 Å². The van der Waals surface area contributed by atoms with E-state index in [-0.39, 0.29) is 11.6 Å². The Morgan fingerprint density at radius 2 is 1.85 bits per heavy atom. The molecule has 0 aliphatic rings. The molecule has 74 valence electrons. The first-order chi connectivity index (χ1) is 6.13. The number of carbonyl (C=O) groups is 2. The summed E-state index contributed by atoms with van der Waals surface area (Å²) in [6.07, 6.45) is 5.16. The molecule has 0 N–H and O–H groups in total. The van der Waals surface area contributed by atoms with E-state index in [1.54, 1.807) is 13.0 Å². The van der Waals surface area contributed by atoms with Gasteiger partial charge in [-0.15, -0.1) is 0 Å². The van der Waals surface area contributed by atoms with Crippen LogP contribution in [0.2, 0.25) is 0 Å². The van der Waals surface area contributed by atoms with Gasteiger partial charge in [-0.25, -0.2) is 0 Å². The minimum Gasteiger partial charge on any atom is -0.294 e. The van der Waals surface area contributed by atoms with Crippen molar-refractivity contribution in [1.82, 2.24) is 0 Å². The number of hydrogen-bond acceptors (Lipinski definition) is 2. The van der Waals surface area contributed by atoms with Crippen LogP contribution in [0.1, 0.15) is 46.5 Å². The molecule has 0 unspecified atom stereocenters. The van der Waals surface area contributed by atoms with E-state index in [1.807, 2.05) is 0 Å². The standard InChI is InChI=1S/C11H18O2/c1-4-6-7-8-11(13)10(5-2)9(3)12/h5H,4,6-8H2,1-3H3/b10-5+. The summed E-state index contributed by atoms with van der Waals surface area (Å²) in [5.41, 5.74) is 0.358. The molecule has 0 saturated carbocycles. The smallest absolute Gasteiger partial charge is 0.166 e. The fourth-order valence-corrected chi connectivity index (χ4v) is 1.23. The van der Waals surface area contributed by atoms with Gasteiger partial charge < -0.3 is 0 Å². The summed E-state index contributed by atoms with van der Waals surface area (Å²) in [5, 5.41) is 0. The maximum absolute atomic E-state index is 11.4. The molecular formula is C11H18O2.